The molecule has 0 saturated heterocycles. The van der Waals surface area contributed by atoms with Gasteiger partial charge in [0.05, 0.1) is 0 Å². The Morgan fingerprint density at radius 2 is 1.83 bits per heavy atom. The maximum atomic E-state index is 12.7. The third-order valence-corrected chi connectivity index (χ3v) is 2.67. The normalized spacial score (nSPS) is 10.7. The van der Waals surface area contributed by atoms with Gasteiger partial charge in [-0.25, -0.2) is 4.39 Å². The summed E-state index contributed by atoms with van der Waals surface area (Å²) in [5, 5.41) is 2.83. The molecule has 3 nitrogen and oxygen atoms in total. The molecule has 1 amide bonds. The van der Waals surface area contributed by atoms with Crippen LogP contribution in [0.15, 0.2) is 24.3 Å². The van der Waals surface area contributed by atoms with E-state index in [1.54, 1.807) is 0 Å². The molecule has 18 heavy (non-hydrogen) atoms. The molecule has 4 heteroatoms. The van der Waals surface area contributed by atoms with Gasteiger partial charge in [-0.1, -0.05) is 6.42 Å². The summed E-state index contributed by atoms with van der Waals surface area (Å²) in [6.45, 7) is 1.75. The van der Waals surface area contributed by atoms with Crippen molar-refractivity contribution < 1.29 is 9.18 Å². The lowest BCUT2D eigenvalue weighted by molar-refractivity contribution is 0.0953. The second-order valence-electron chi connectivity index (χ2n) is 4.63. The highest BCUT2D eigenvalue weighted by Gasteiger charge is 2.04. The molecule has 0 heterocycles. The van der Waals surface area contributed by atoms with E-state index in [2.05, 4.69) is 24.3 Å². The van der Waals surface area contributed by atoms with E-state index in [1.165, 1.54) is 24.3 Å². The Kier molecular flexibility index (Phi) is 6.36. The smallest absolute Gasteiger partial charge is 0.251 e. The zero-order valence-corrected chi connectivity index (χ0v) is 11.1. The maximum Gasteiger partial charge on any atom is 0.251 e. The van der Waals surface area contributed by atoms with Crippen LogP contribution in [0.1, 0.15) is 29.6 Å². The monoisotopic (exact) mass is 251 g/mol. The molecule has 0 aliphatic heterocycles. The van der Waals surface area contributed by atoms with E-state index >= 15 is 0 Å². The number of halogens is 1. The molecule has 0 radical (unpaired) electrons. The fraction of sp³-hybridized carbons (Fsp3) is 0.500. The topological polar surface area (TPSA) is 32.3 Å². The van der Waals surface area contributed by atoms with Crippen molar-refractivity contribution in [2.45, 2.75) is 19.3 Å². The van der Waals surface area contributed by atoms with Crippen LogP contribution in [0.5, 0.6) is 0 Å². The molecule has 0 spiro atoms. The first-order valence-electron chi connectivity index (χ1n) is 6.28. The summed E-state index contributed by atoms with van der Waals surface area (Å²) in [6.07, 6.45) is 3.21. The summed E-state index contributed by atoms with van der Waals surface area (Å²) in [7, 11) is 4.10. The van der Waals surface area contributed by atoms with Crippen LogP contribution in [0.4, 0.5) is 4.39 Å². The molecule has 0 aliphatic rings. The molecule has 1 aromatic rings. The Labute approximate surface area is 108 Å². The van der Waals surface area contributed by atoms with Crippen molar-refractivity contribution in [3.8, 4) is 0 Å². The lowest BCUT2D eigenvalue weighted by Crippen LogP contribution is -2.24. The van der Waals surface area contributed by atoms with E-state index in [4.69, 9.17) is 0 Å². The average molecular weight is 251 g/mol. The number of nitrogens with one attached hydrogen (secondary N) is 1. The zero-order chi connectivity index (χ0) is 13.4. The quantitative estimate of drug-likeness (QED) is 0.754. The predicted molar refractivity (Wildman–Crippen MR) is 71.1 cm³/mol. The van der Waals surface area contributed by atoms with Gasteiger partial charge in [-0.05, 0) is 57.7 Å². The first-order chi connectivity index (χ1) is 8.59. The van der Waals surface area contributed by atoms with Crippen molar-refractivity contribution in [1.82, 2.24) is 10.2 Å². The van der Waals surface area contributed by atoms with Crippen LogP contribution < -0.4 is 5.32 Å². The van der Waals surface area contributed by atoms with Crippen LogP contribution in [0.3, 0.4) is 0 Å². The lowest BCUT2D eigenvalue weighted by atomic mass is 10.2. The van der Waals surface area contributed by atoms with Gasteiger partial charge in [0, 0.05) is 12.1 Å². The number of amides is 1. The fourth-order valence-electron chi connectivity index (χ4n) is 1.64. The third kappa shape index (κ3) is 5.77. The number of benzene rings is 1. The number of nitrogens with zero attached hydrogens (tertiary/aromatic N) is 1. The average Bonchev–Trinajstić information content (AvgIpc) is 2.34. The second-order valence-corrected chi connectivity index (χ2v) is 4.63. The molecule has 1 N–H and O–H groups in total. The number of unbranched alkanes of at least 4 members (excludes halogenated alkanes) is 2. The van der Waals surface area contributed by atoms with Gasteiger partial charge in [-0.15, -0.1) is 0 Å². The molecule has 0 fully saturated rings. The lowest BCUT2D eigenvalue weighted by Gasteiger charge is -2.09. The van der Waals surface area contributed by atoms with Gasteiger partial charge in [0.25, 0.3) is 5.91 Å². The first-order valence-corrected chi connectivity index (χ1v) is 6.28. The Balaban J connectivity index is 2.16. The van der Waals surface area contributed by atoms with E-state index in [-0.39, 0.29) is 11.7 Å². The first kappa shape index (κ1) is 14.6. The summed E-state index contributed by atoms with van der Waals surface area (Å²) >= 11 is 0. The van der Waals surface area contributed by atoms with E-state index in [9.17, 15) is 9.18 Å². The van der Waals surface area contributed by atoms with Gasteiger partial charge in [0.1, 0.15) is 5.82 Å². The largest absolute Gasteiger partial charge is 0.352 e. The number of hydrogen-bond donors (Lipinski definition) is 1. The van der Waals surface area contributed by atoms with Crippen LogP contribution in [-0.4, -0.2) is 38.0 Å². The van der Waals surface area contributed by atoms with Crippen LogP contribution in [0, 0.1) is 5.82 Å². The van der Waals surface area contributed by atoms with Crippen LogP contribution in [0.2, 0.25) is 0 Å². The number of rotatable bonds is 7. The Hall–Kier alpha value is -1.42. The van der Waals surface area contributed by atoms with Crippen molar-refractivity contribution in [3.63, 3.8) is 0 Å². The number of carbonyl (C=O) groups is 1. The van der Waals surface area contributed by atoms with Crippen molar-refractivity contribution in [1.29, 1.82) is 0 Å². The second kappa shape index (κ2) is 7.82. The van der Waals surface area contributed by atoms with Gasteiger partial charge < -0.3 is 10.2 Å². The molecule has 0 aliphatic carbocycles. The molecule has 0 saturated carbocycles. The Morgan fingerprint density at radius 1 is 1.17 bits per heavy atom. The highest BCUT2D eigenvalue weighted by atomic mass is 18.2. The van der Waals surface area contributed by atoms with E-state index < -0.39 is 0 Å². The minimum atomic E-state index is -0.324. The fourth-order valence-corrected chi connectivity index (χ4v) is 1.64. The molecular weight excluding hydrogens is 230 g/mol. The van der Waals surface area contributed by atoms with E-state index in [0.717, 1.165) is 25.8 Å². The van der Waals surface area contributed by atoms with Crippen molar-refractivity contribution in [2.75, 3.05) is 27.2 Å². The molecular formula is C14H21FN2O. The summed E-state index contributed by atoms with van der Waals surface area (Å²) in [5.41, 5.74) is 0.504. The minimum absolute atomic E-state index is 0.136. The van der Waals surface area contributed by atoms with Gasteiger partial charge in [0.2, 0.25) is 0 Å². The summed E-state index contributed by atoms with van der Waals surface area (Å²) < 4.78 is 12.7. The predicted octanol–water partition coefficient (Wildman–Crippen LogP) is 2.29. The zero-order valence-electron chi connectivity index (χ0n) is 11.1. The Bertz CT molecular complexity index is 363. The van der Waals surface area contributed by atoms with Gasteiger partial charge >= 0.3 is 0 Å². The standard InChI is InChI=1S/C14H21FN2O/c1-17(2)11-5-3-4-10-16-14(18)12-6-8-13(15)9-7-12/h6-9H,3-5,10-11H2,1-2H3,(H,16,18)/i15-1. The molecule has 1 rings (SSSR count). The van der Waals surface area contributed by atoms with Crippen LogP contribution in [-0.2, 0) is 0 Å². The van der Waals surface area contributed by atoms with Gasteiger partial charge in [-0.3, -0.25) is 4.79 Å². The maximum absolute atomic E-state index is 12.7. The van der Waals surface area contributed by atoms with Crippen molar-refractivity contribution >= 4 is 5.91 Å². The van der Waals surface area contributed by atoms with Crippen molar-refractivity contribution in [3.05, 3.63) is 35.6 Å². The summed E-state index contributed by atoms with van der Waals surface area (Å²) in [4.78, 5) is 13.8. The SMILES string of the molecule is CN(C)CCCCCNC(=O)c1ccc([18F])cc1. The summed E-state index contributed by atoms with van der Waals surface area (Å²) in [5.74, 6) is -0.460. The molecule has 0 bridgehead atoms. The van der Waals surface area contributed by atoms with Gasteiger partial charge in [0.15, 0.2) is 0 Å². The number of carbonyl (C=O) groups excluding carboxylic acids is 1. The van der Waals surface area contributed by atoms with Crippen molar-refractivity contribution in [2.24, 2.45) is 0 Å². The molecule has 1 aromatic carbocycles. The molecule has 100 valence electrons. The van der Waals surface area contributed by atoms with Crippen LogP contribution in [0.25, 0.3) is 0 Å². The highest BCUT2D eigenvalue weighted by Crippen LogP contribution is 2.02. The van der Waals surface area contributed by atoms with Gasteiger partial charge in [-0.2, -0.15) is 0 Å². The highest BCUT2D eigenvalue weighted by molar-refractivity contribution is 5.94. The molecule has 0 atom stereocenters. The van der Waals surface area contributed by atoms with Crippen LogP contribution >= 0.6 is 0 Å². The number of hydrogen-bond acceptors (Lipinski definition) is 2. The minimum Gasteiger partial charge on any atom is -0.352 e. The van der Waals surface area contributed by atoms with E-state index in [1.807, 2.05) is 0 Å². The molecule has 0 aromatic heterocycles. The Morgan fingerprint density at radius 3 is 2.44 bits per heavy atom. The summed E-state index contributed by atoms with van der Waals surface area (Å²) in [6, 6.07) is 5.59. The molecule has 0 unspecified atom stereocenters. The van der Waals surface area contributed by atoms with E-state index in [0.29, 0.717) is 12.1 Å². The third-order valence-electron chi connectivity index (χ3n) is 2.67.